The Labute approximate surface area is 81.0 Å². The second kappa shape index (κ2) is 6.54. The van der Waals surface area contributed by atoms with E-state index in [1.807, 2.05) is 0 Å². The standard InChI is InChI=1S/C11H19Cl/c12-10-6-5-9-11-7-3-1-2-4-8-11/h9H,1-8,10H2. The summed E-state index contributed by atoms with van der Waals surface area (Å²) < 4.78 is 0. The Hall–Kier alpha value is 0.0300. The zero-order chi connectivity index (χ0) is 8.65. The van der Waals surface area contributed by atoms with Crippen LogP contribution in [0.2, 0.25) is 0 Å². The van der Waals surface area contributed by atoms with Gasteiger partial charge in [-0.25, -0.2) is 0 Å². The second-order valence-electron chi connectivity index (χ2n) is 3.61. The predicted octanol–water partition coefficient (Wildman–Crippen LogP) is 4.29. The highest BCUT2D eigenvalue weighted by Gasteiger charge is 2.02. The third kappa shape index (κ3) is 4.15. The molecule has 0 aromatic rings. The molecule has 1 aliphatic rings. The molecule has 0 aliphatic heterocycles. The quantitative estimate of drug-likeness (QED) is 0.267. The van der Waals surface area contributed by atoms with E-state index in [2.05, 4.69) is 6.08 Å². The minimum Gasteiger partial charge on any atom is -0.127 e. The lowest BCUT2D eigenvalue weighted by Gasteiger charge is -2.01. The van der Waals surface area contributed by atoms with Gasteiger partial charge in [0, 0.05) is 5.88 Å². The molecule has 1 fully saturated rings. The zero-order valence-corrected chi connectivity index (χ0v) is 8.58. The van der Waals surface area contributed by atoms with Gasteiger partial charge < -0.3 is 0 Å². The van der Waals surface area contributed by atoms with Crippen molar-refractivity contribution in [1.29, 1.82) is 0 Å². The highest BCUT2D eigenvalue weighted by molar-refractivity contribution is 6.17. The molecule has 1 saturated carbocycles. The Bertz CT molecular complexity index is 128. The van der Waals surface area contributed by atoms with Crippen LogP contribution in [0.5, 0.6) is 0 Å². The van der Waals surface area contributed by atoms with Crippen molar-refractivity contribution in [2.75, 3.05) is 5.88 Å². The largest absolute Gasteiger partial charge is 0.127 e. The average molecular weight is 187 g/mol. The van der Waals surface area contributed by atoms with Gasteiger partial charge in [-0.3, -0.25) is 0 Å². The Morgan fingerprint density at radius 1 is 1.08 bits per heavy atom. The zero-order valence-electron chi connectivity index (χ0n) is 7.82. The van der Waals surface area contributed by atoms with Gasteiger partial charge in [0.25, 0.3) is 0 Å². The van der Waals surface area contributed by atoms with E-state index in [0.717, 1.165) is 12.3 Å². The van der Waals surface area contributed by atoms with Gasteiger partial charge in [0.1, 0.15) is 0 Å². The van der Waals surface area contributed by atoms with Crippen LogP contribution >= 0.6 is 11.6 Å². The van der Waals surface area contributed by atoms with Gasteiger partial charge in [0.15, 0.2) is 0 Å². The molecule has 12 heavy (non-hydrogen) atoms. The minimum atomic E-state index is 0.809. The van der Waals surface area contributed by atoms with E-state index in [1.54, 1.807) is 5.57 Å². The maximum atomic E-state index is 5.62. The molecule has 0 amide bonds. The molecule has 0 atom stereocenters. The van der Waals surface area contributed by atoms with E-state index in [4.69, 9.17) is 11.6 Å². The molecule has 0 saturated heterocycles. The molecule has 0 bridgehead atoms. The van der Waals surface area contributed by atoms with Crippen LogP contribution in [0, 0.1) is 0 Å². The third-order valence-corrected chi connectivity index (χ3v) is 2.78. The normalized spacial score (nSPS) is 18.9. The van der Waals surface area contributed by atoms with Crippen molar-refractivity contribution in [3.05, 3.63) is 11.6 Å². The number of halogens is 1. The minimum absolute atomic E-state index is 0.809. The number of hydrogen-bond donors (Lipinski definition) is 0. The fourth-order valence-corrected chi connectivity index (χ4v) is 1.92. The van der Waals surface area contributed by atoms with Gasteiger partial charge in [-0.15, -0.1) is 11.6 Å². The van der Waals surface area contributed by atoms with Crippen molar-refractivity contribution in [1.82, 2.24) is 0 Å². The summed E-state index contributed by atoms with van der Waals surface area (Å²) in [5, 5.41) is 0. The molecule has 0 aromatic heterocycles. The number of alkyl halides is 1. The Morgan fingerprint density at radius 3 is 2.33 bits per heavy atom. The number of hydrogen-bond acceptors (Lipinski definition) is 0. The Kier molecular flexibility index (Phi) is 5.51. The van der Waals surface area contributed by atoms with Crippen LogP contribution in [0.1, 0.15) is 51.4 Å². The number of unbranched alkanes of at least 4 members (excludes halogenated alkanes) is 1. The van der Waals surface area contributed by atoms with Crippen molar-refractivity contribution in [2.24, 2.45) is 0 Å². The lowest BCUT2D eigenvalue weighted by atomic mass is 10.1. The summed E-state index contributed by atoms with van der Waals surface area (Å²) in [4.78, 5) is 0. The molecule has 0 heterocycles. The molecule has 1 heteroatoms. The van der Waals surface area contributed by atoms with Gasteiger partial charge >= 0.3 is 0 Å². The van der Waals surface area contributed by atoms with Gasteiger partial charge in [-0.05, 0) is 38.5 Å². The van der Waals surface area contributed by atoms with Crippen molar-refractivity contribution in [2.45, 2.75) is 51.4 Å². The molecule has 0 nitrogen and oxygen atoms in total. The van der Waals surface area contributed by atoms with Crippen LogP contribution in [0.4, 0.5) is 0 Å². The fourth-order valence-electron chi connectivity index (χ4n) is 1.77. The van der Waals surface area contributed by atoms with Gasteiger partial charge in [0.2, 0.25) is 0 Å². The maximum absolute atomic E-state index is 5.62. The van der Waals surface area contributed by atoms with Crippen LogP contribution in [-0.4, -0.2) is 5.88 Å². The SMILES string of the molecule is ClCCCC=C1CCCCCC1. The summed E-state index contributed by atoms with van der Waals surface area (Å²) in [6.07, 6.45) is 13.2. The first kappa shape index (κ1) is 10.1. The second-order valence-corrected chi connectivity index (χ2v) is 3.99. The molecular formula is C11H19Cl. The van der Waals surface area contributed by atoms with Crippen molar-refractivity contribution >= 4 is 11.6 Å². The van der Waals surface area contributed by atoms with E-state index in [1.165, 1.54) is 44.9 Å². The van der Waals surface area contributed by atoms with Gasteiger partial charge in [0.05, 0.1) is 0 Å². The Balaban J connectivity index is 2.22. The molecule has 0 N–H and O–H groups in total. The first-order chi connectivity index (χ1) is 5.93. The molecule has 0 aromatic carbocycles. The van der Waals surface area contributed by atoms with E-state index in [-0.39, 0.29) is 0 Å². The van der Waals surface area contributed by atoms with E-state index in [9.17, 15) is 0 Å². The van der Waals surface area contributed by atoms with Crippen LogP contribution in [0.15, 0.2) is 11.6 Å². The highest BCUT2D eigenvalue weighted by Crippen LogP contribution is 2.22. The van der Waals surface area contributed by atoms with Crippen LogP contribution < -0.4 is 0 Å². The predicted molar refractivity (Wildman–Crippen MR) is 55.7 cm³/mol. The van der Waals surface area contributed by atoms with E-state index < -0.39 is 0 Å². The van der Waals surface area contributed by atoms with E-state index in [0.29, 0.717) is 0 Å². The van der Waals surface area contributed by atoms with Crippen molar-refractivity contribution in [3.63, 3.8) is 0 Å². The van der Waals surface area contributed by atoms with Crippen molar-refractivity contribution in [3.8, 4) is 0 Å². The van der Waals surface area contributed by atoms with Gasteiger partial charge in [-0.2, -0.15) is 0 Å². The molecule has 1 aliphatic carbocycles. The maximum Gasteiger partial charge on any atom is 0.0226 e. The fraction of sp³-hybridized carbons (Fsp3) is 0.818. The molecular weight excluding hydrogens is 168 g/mol. The smallest absolute Gasteiger partial charge is 0.0226 e. The summed E-state index contributed by atoms with van der Waals surface area (Å²) in [6.45, 7) is 0. The first-order valence-corrected chi connectivity index (χ1v) is 5.71. The monoisotopic (exact) mass is 186 g/mol. The number of allylic oxidation sites excluding steroid dienone is 2. The van der Waals surface area contributed by atoms with Gasteiger partial charge in [-0.1, -0.05) is 24.5 Å². The van der Waals surface area contributed by atoms with E-state index >= 15 is 0 Å². The molecule has 70 valence electrons. The van der Waals surface area contributed by atoms with Crippen LogP contribution in [0.3, 0.4) is 0 Å². The first-order valence-electron chi connectivity index (χ1n) is 5.17. The average Bonchev–Trinajstić information content (AvgIpc) is 2.33. The summed E-state index contributed by atoms with van der Waals surface area (Å²) >= 11 is 5.62. The molecule has 0 radical (unpaired) electrons. The molecule has 0 spiro atoms. The summed E-state index contributed by atoms with van der Waals surface area (Å²) in [6, 6.07) is 0. The summed E-state index contributed by atoms with van der Waals surface area (Å²) in [5.74, 6) is 0.809. The molecule has 1 rings (SSSR count). The molecule has 0 unspecified atom stereocenters. The van der Waals surface area contributed by atoms with Crippen LogP contribution in [-0.2, 0) is 0 Å². The topological polar surface area (TPSA) is 0 Å². The third-order valence-electron chi connectivity index (χ3n) is 2.52. The van der Waals surface area contributed by atoms with Crippen molar-refractivity contribution < 1.29 is 0 Å². The van der Waals surface area contributed by atoms with Crippen LogP contribution in [0.25, 0.3) is 0 Å². The summed E-state index contributed by atoms with van der Waals surface area (Å²) in [7, 11) is 0. The highest BCUT2D eigenvalue weighted by atomic mass is 35.5. The lowest BCUT2D eigenvalue weighted by Crippen LogP contribution is -1.81. The lowest BCUT2D eigenvalue weighted by molar-refractivity contribution is 0.702. The number of rotatable bonds is 3. The Morgan fingerprint density at radius 2 is 1.75 bits per heavy atom. The summed E-state index contributed by atoms with van der Waals surface area (Å²) in [5.41, 5.74) is 1.69.